The van der Waals surface area contributed by atoms with Crippen molar-refractivity contribution in [3.63, 3.8) is 0 Å². The maximum Gasteiger partial charge on any atom is 0.188 e. The van der Waals surface area contributed by atoms with Gasteiger partial charge in [-0.1, -0.05) is 91.0 Å². The van der Waals surface area contributed by atoms with Crippen LogP contribution in [0.4, 0.5) is 11.4 Å². The molecule has 1 aliphatic heterocycles. The van der Waals surface area contributed by atoms with Crippen LogP contribution in [-0.4, -0.2) is 23.7 Å². The van der Waals surface area contributed by atoms with Crippen LogP contribution in [0, 0.1) is 13.1 Å². The summed E-state index contributed by atoms with van der Waals surface area (Å²) in [7, 11) is 0. The molecule has 0 bridgehead atoms. The molecule has 0 saturated heterocycles. The molecule has 1 unspecified atom stereocenters. The molecule has 318 valence electrons. The van der Waals surface area contributed by atoms with Crippen molar-refractivity contribution < 1.29 is 4.74 Å². The number of ether oxygens (including phenoxy) is 1. The fourth-order valence-corrected chi connectivity index (χ4v) is 11.8. The standard InChI is InChI=1S/C61H33N7O/c1-62-36-21-25-54-44(30-36)45-31-37(63-2)22-26-55(45)68(54)40-34-50-60(65-35-40)59-48(16-11-29-64-59)61(50)47-15-6-10-20-57(47)69-58-28-24-39(33-49(58)61)67-53-19-9-5-14-43(53)46-32-38(23-27-56(46)67)66-51-17-7-3-12-41(51)42-13-4-8-18-52(42)66/h3-35H. The molecule has 13 aromatic rings. The van der Waals surface area contributed by atoms with E-state index >= 15 is 0 Å². The third-order valence-corrected chi connectivity index (χ3v) is 14.6. The molecule has 1 aliphatic carbocycles. The Kier molecular flexibility index (Phi) is 7.41. The Morgan fingerprint density at radius 2 is 0.855 bits per heavy atom. The summed E-state index contributed by atoms with van der Waals surface area (Å²) in [6.45, 7) is 15.6. The minimum atomic E-state index is -0.877. The Morgan fingerprint density at radius 3 is 1.52 bits per heavy atom. The lowest BCUT2D eigenvalue weighted by Gasteiger charge is -2.39. The first-order chi connectivity index (χ1) is 34.1. The summed E-state index contributed by atoms with van der Waals surface area (Å²) in [5.74, 6) is 1.53. The van der Waals surface area contributed by atoms with Gasteiger partial charge in [-0.05, 0) is 113 Å². The normalized spacial score (nSPS) is 14.5. The van der Waals surface area contributed by atoms with Gasteiger partial charge in [0.2, 0.25) is 0 Å². The van der Waals surface area contributed by atoms with Gasteiger partial charge < -0.3 is 18.4 Å². The lowest BCUT2D eigenvalue weighted by Crippen LogP contribution is -2.32. The Hall–Kier alpha value is -9.76. The zero-order chi connectivity index (χ0) is 45.5. The quantitative estimate of drug-likeness (QED) is 0.166. The minimum absolute atomic E-state index is 0.542. The Balaban J connectivity index is 0.988. The van der Waals surface area contributed by atoms with E-state index in [-0.39, 0.29) is 0 Å². The monoisotopic (exact) mass is 879 g/mol. The van der Waals surface area contributed by atoms with Gasteiger partial charge in [-0.3, -0.25) is 9.97 Å². The van der Waals surface area contributed by atoms with E-state index in [2.05, 4.69) is 163 Å². The highest BCUT2D eigenvalue weighted by Crippen LogP contribution is 2.62. The van der Waals surface area contributed by atoms with Crippen LogP contribution in [0.5, 0.6) is 11.5 Å². The van der Waals surface area contributed by atoms with Crippen molar-refractivity contribution >= 4 is 76.8 Å². The third-order valence-electron chi connectivity index (χ3n) is 14.6. The maximum atomic E-state index is 7.82. The number of fused-ring (bicyclic) bond motifs is 18. The van der Waals surface area contributed by atoms with Gasteiger partial charge in [0.05, 0.1) is 74.9 Å². The maximum absolute atomic E-state index is 7.82. The molecule has 6 heterocycles. The molecule has 69 heavy (non-hydrogen) atoms. The highest BCUT2D eigenvalue weighted by Gasteiger charge is 2.53. The molecular formula is C61H33N7O. The summed E-state index contributed by atoms with van der Waals surface area (Å²) >= 11 is 0. The lowest BCUT2D eigenvalue weighted by molar-refractivity contribution is 0.436. The number of aromatic nitrogens is 5. The van der Waals surface area contributed by atoms with Gasteiger partial charge in [-0.15, -0.1) is 0 Å². The number of hydrogen-bond acceptors (Lipinski definition) is 3. The molecule has 5 aromatic heterocycles. The average molecular weight is 880 g/mol. The van der Waals surface area contributed by atoms with Crippen molar-refractivity contribution in [1.82, 2.24) is 23.7 Å². The second kappa shape index (κ2) is 13.6. The number of pyridine rings is 2. The SMILES string of the molecule is [C-]#[N+]c1ccc2c(c1)c1cc([N+]#[C-])ccc1n2-c1cnc2c(c1)C1(c3ccccc3Oc3ccc(-n4c5ccccc5c5cc(-n6c7ccccc7c7ccccc76)ccc54)cc31)c1cccnc1-2. The molecule has 8 heteroatoms. The van der Waals surface area contributed by atoms with Crippen LogP contribution in [0.1, 0.15) is 22.3 Å². The Labute approximate surface area is 394 Å². The van der Waals surface area contributed by atoms with Crippen LogP contribution < -0.4 is 4.74 Å². The first kappa shape index (κ1) is 37.5. The second-order valence-electron chi connectivity index (χ2n) is 17.9. The first-order valence-corrected chi connectivity index (χ1v) is 22.9. The van der Waals surface area contributed by atoms with Crippen molar-refractivity contribution in [2.75, 3.05) is 0 Å². The van der Waals surface area contributed by atoms with Gasteiger partial charge in [-0.25, -0.2) is 9.69 Å². The van der Waals surface area contributed by atoms with Crippen LogP contribution in [0.25, 0.3) is 104 Å². The van der Waals surface area contributed by atoms with E-state index in [0.29, 0.717) is 11.4 Å². The lowest BCUT2D eigenvalue weighted by atomic mass is 9.66. The van der Waals surface area contributed by atoms with Gasteiger partial charge in [-0.2, -0.15) is 0 Å². The molecule has 0 saturated carbocycles. The third kappa shape index (κ3) is 4.88. The molecule has 0 N–H and O–H groups in total. The zero-order valence-electron chi connectivity index (χ0n) is 36.6. The van der Waals surface area contributed by atoms with E-state index < -0.39 is 5.41 Å². The van der Waals surface area contributed by atoms with E-state index in [0.717, 1.165) is 106 Å². The highest BCUT2D eigenvalue weighted by atomic mass is 16.5. The molecule has 15 rings (SSSR count). The highest BCUT2D eigenvalue weighted by molar-refractivity contribution is 6.13. The largest absolute Gasteiger partial charge is 0.457 e. The number of nitrogens with zero attached hydrogens (tertiary/aromatic N) is 7. The predicted molar refractivity (Wildman–Crippen MR) is 275 cm³/mol. The van der Waals surface area contributed by atoms with Gasteiger partial charge in [0.15, 0.2) is 11.4 Å². The number of benzene rings is 8. The molecule has 1 spiro atoms. The van der Waals surface area contributed by atoms with E-state index in [4.69, 9.17) is 27.8 Å². The number of para-hydroxylation sites is 4. The van der Waals surface area contributed by atoms with Gasteiger partial charge >= 0.3 is 0 Å². The van der Waals surface area contributed by atoms with Crippen molar-refractivity contribution in [2.24, 2.45) is 0 Å². The number of hydrogen-bond donors (Lipinski definition) is 0. The van der Waals surface area contributed by atoms with Gasteiger partial charge in [0, 0.05) is 55.8 Å². The Morgan fingerprint density at radius 1 is 0.377 bits per heavy atom. The first-order valence-electron chi connectivity index (χ1n) is 22.9. The molecule has 8 aromatic carbocycles. The molecule has 0 amide bonds. The summed E-state index contributed by atoms with van der Waals surface area (Å²) in [5.41, 5.74) is 15.2. The van der Waals surface area contributed by atoms with Crippen LogP contribution in [0.2, 0.25) is 0 Å². The van der Waals surface area contributed by atoms with Crippen molar-refractivity contribution in [2.45, 2.75) is 5.41 Å². The molecule has 1 atom stereocenters. The Bertz CT molecular complexity index is 4390. The zero-order valence-corrected chi connectivity index (χ0v) is 36.6. The molecule has 0 fully saturated rings. The van der Waals surface area contributed by atoms with Crippen LogP contribution in [0.15, 0.2) is 200 Å². The summed E-state index contributed by atoms with van der Waals surface area (Å²) in [4.78, 5) is 17.9. The molecule has 2 aliphatic rings. The summed E-state index contributed by atoms with van der Waals surface area (Å²) < 4.78 is 13.9. The fraction of sp³-hybridized carbons (Fsp3) is 0.0164. The molecular weight excluding hydrogens is 847 g/mol. The summed E-state index contributed by atoms with van der Waals surface area (Å²) in [6.07, 6.45) is 3.78. The van der Waals surface area contributed by atoms with E-state index in [9.17, 15) is 0 Å². The van der Waals surface area contributed by atoms with Gasteiger partial charge in [0.1, 0.15) is 11.5 Å². The van der Waals surface area contributed by atoms with Crippen LogP contribution in [-0.2, 0) is 5.41 Å². The summed E-state index contributed by atoms with van der Waals surface area (Å²) in [6, 6.07) is 65.8. The molecule has 0 radical (unpaired) electrons. The van der Waals surface area contributed by atoms with Crippen molar-refractivity contribution in [3.05, 3.63) is 246 Å². The minimum Gasteiger partial charge on any atom is -0.457 e. The fourth-order valence-electron chi connectivity index (χ4n) is 11.8. The summed E-state index contributed by atoms with van der Waals surface area (Å²) in [5, 5.41) is 6.60. The van der Waals surface area contributed by atoms with Crippen molar-refractivity contribution in [1.29, 1.82) is 0 Å². The van der Waals surface area contributed by atoms with Crippen LogP contribution >= 0.6 is 0 Å². The van der Waals surface area contributed by atoms with Crippen molar-refractivity contribution in [3.8, 4) is 39.9 Å². The second-order valence-corrected chi connectivity index (χ2v) is 17.9. The predicted octanol–water partition coefficient (Wildman–Crippen LogP) is 15.3. The van der Waals surface area contributed by atoms with Gasteiger partial charge in [0.25, 0.3) is 0 Å². The van der Waals surface area contributed by atoms with E-state index in [1.165, 1.54) is 21.8 Å². The average Bonchev–Trinajstić information content (AvgIpc) is 4.12. The number of rotatable bonds is 3. The van der Waals surface area contributed by atoms with Crippen LogP contribution in [0.3, 0.4) is 0 Å². The smallest absolute Gasteiger partial charge is 0.188 e. The van der Waals surface area contributed by atoms with E-state index in [1.807, 2.05) is 60.9 Å². The molecule has 8 nitrogen and oxygen atoms in total. The topological polar surface area (TPSA) is 58.5 Å². The van der Waals surface area contributed by atoms with E-state index in [1.54, 1.807) is 0 Å².